The SMILES string of the molecule is N#C/C(=C/c1cn(-c2ccccc2)nc1-c1ccncc1)S(=O)(=O)c1ccccc1. The second kappa shape index (κ2) is 8.15. The third kappa shape index (κ3) is 3.77. The lowest BCUT2D eigenvalue weighted by atomic mass is 10.1. The summed E-state index contributed by atoms with van der Waals surface area (Å²) in [6.07, 6.45) is 6.35. The molecule has 0 aliphatic carbocycles. The molecule has 0 bridgehead atoms. The molecule has 0 aliphatic heterocycles. The second-order valence-electron chi connectivity index (χ2n) is 6.39. The molecule has 7 heteroatoms. The van der Waals surface area contributed by atoms with Crippen molar-refractivity contribution in [2.24, 2.45) is 0 Å². The minimum atomic E-state index is -3.95. The molecular formula is C23H16N4O2S. The maximum atomic E-state index is 13.0. The van der Waals surface area contributed by atoms with E-state index in [0.29, 0.717) is 11.3 Å². The quantitative estimate of drug-likeness (QED) is 0.457. The Bertz CT molecular complexity index is 1340. The molecule has 30 heavy (non-hydrogen) atoms. The Morgan fingerprint density at radius 1 is 0.933 bits per heavy atom. The molecule has 4 aromatic rings. The number of sulfone groups is 1. The van der Waals surface area contributed by atoms with Crippen LogP contribution in [0.25, 0.3) is 23.0 Å². The lowest BCUT2D eigenvalue weighted by molar-refractivity contribution is 0.603. The lowest BCUT2D eigenvalue weighted by Crippen LogP contribution is -2.03. The van der Waals surface area contributed by atoms with Crippen molar-refractivity contribution in [1.29, 1.82) is 5.26 Å². The average Bonchev–Trinajstić information content (AvgIpc) is 3.23. The van der Waals surface area contributed by atoms with Gasteiger partial charge in [0.1, 0.15) is 16.7 Å². The first kappa shape index (κ1) is 19.3. The summed E-state index contributed by atoms with van der Waals surface area (Å²) in [5.74, 6) is 0. The Kier molecular flexibility index (Phi) is 5.24. The molecule has 0 N–H and O–H groups in total. The molecule has 0 radical (unpaired) electrons. The van der Waals surface area contributed by atoms with Gasteiger partial charge < -0.3 is 0 Å². The molecule has 0 saturated heterocycles. The summed E-state index contributed by atoms with van der Waals surface area (Å²) in [6.45, 7) is 0. The summed E-state index contributed by atoms with van der Waals surface area (Å²) in [7, 11) is -3.95. The Hall–Kier alpha value is -4.02. The summed E-state index contributed by atoms with van der Waals surface area (Å²) in [5.41, 5.74) is 2.65. The van der Waals surface area contributed by atoms with Crippen LogP contribution in [0, 0.1) is 11.3 Å². The van der Waals surface area contributed by atoms with Gasteiger partial charge >= 0.3 is 0 Å². The van der Waals surface area contributed by atoms with E-state index < -0.39 is 9.84 Å². The number of rotatable bonds is 5. The van der Waals surface area contributed by atoms with Crippen LogP contribution in [0.3, 0.4) is 0 Å². The van der Waals surface area contributed by atoms with E-state index in [1.165, 1.54) is 18.2 Å². The molecular weight excluding hydrogens is 396 g/mol. The van der Waals surface area contributed by atoms with Gasteiger partial charge in [-0.25, -0.2) is 13.1 Å². The van der Waals surface area contributed by atoms with E-state index in [9.17, 15) is 13.7 Å². The largest absolute Gasteiger partial charge is 0.265 e. The van der Waals surface area contributed by atoms with Crippen LogP contribution in [-0.4, -0.2) is 23.2 Å². The maximum Gasteiger partial charge on any atom is 0.216 e. The number of hydrogen-bond donors (Lipinski definition) is 0. The first-order chi connectivity index (χ1) is 14.6. The fourth-order valence-electron chi connectivity index (χ4n) is 2.98. The van der Waals surface area contributed by atoms with Crippen LogP contribution >= 0.6 is 0 Å². The van der Waals surface area contributed by atoms with Crippen molar-refractivity contribution in [3.8, 4) is 23.0 Å². The number of benzene rings is 2. The van der Waals surface area contributed by atoms with Gasteiger partial charge in [0.15, 0.2) is 0 Å². The third-order valence-electron chi connectivity index (χ3n) is 4.46. The zero-order chi connectivity index (χ0) is 21.0. The molecule has 0 spiro atoms. The first-order valence-corrected chi connectivity index (χ1v) is 10.6. The summed E-state index contributed by atoms with van der Waals surface area (Å²) < 4.78 is 27.6. The molecule has 0 amide bonds. The van der Waals surface area contributed by atoms with E-state index in [1.807, 2.05) is 36.4 Å². The Balaban J connectivity index is 1.89. The number of aromatic nitrogens is 3. The summed E-state index contributed by atoms with van der Waals surface area (Å²) in [4.78, 5) is 3.74. The van der Waals surface area contributed by atoms with Crippen LogP contribution in [-0.2, 0) is 9.84 Å². The maximum absolute atomic E-state index is 13.0. The first-order valence-electron chi connectivity index (χ1n) is 9.07. The molecule has 0 fully saturated rings. The minimum absolute atomic E-state index is 0.0683. The van der Waals surface area contributed by atoms with Crippen LogP contribution in [0.2, 0.25) is 0 Å². The summed E-state index contributed by atoms with van der Waals surface area (Å²) in [6, 6.07) is 22.8. The molecule has 0 unspecified atom stereocenters. The number of para-hydroxylation sites is 1. The number of hydrogen-bond acceptors (Lipinski definition) is 5. The molecule has 146 valence electrons. The number of nitriles is 1. The topological polar surface area (TPSA) is 88.6 Å². The zero-order valence-corrected chi connectivity index (χ0v) is 16.6. The van der Waals surface area contributed by atoms with E-state index in [-0.39, 0.29) is 9.80 Å². The predicted molar refractivity (Wildman–Crippen MR) is 114 cm³/mol. The standard InChI is InChI=1S/C23H16N4O2S/c24-16-22(30(28,29)21-9-5-2-6-10-21)15-19-17-27(20-7-3-1-4-8-20)26-23(19)18-11-13-25-14-12-18/h1-15,17H/b22-15-. The zero-order valence-electron chi connectivity index (χ0n) is 15.8. The van der Waals surface area contributed by atoms with Crippen molar-refractivity contribution in [3.05, 3.63) is 102 Å². The minimum Gasteiger partial charge on any atom is -0.265 e. The summed E-state index contributed by atoms with van der Waals surface area (Å²) in [5, 5.41) is 14.3. The van der Waals surface area contributed by atoms with Crippen molar-refractivity contribution >= 4 is 15.9 Å². The van der Waals surface area contributed by atoms with Crippen LogP contribution < -0.4 is 0 Å². The highest BCUT2D eigenvalue weighted by molar-refractivity contribution is 7.95. The van der Waals surface area contributed by atoms with E-state index in [1.54, 1.807) is 53.6 Å². The van der Waals surface area contributed by atoms with Gasteiger partial charge in [0.2, 0.25) is 9.84 Å². The molecule has 0 atom stereocenters. The van der Waals surface area contributed by atoms with Gasteiger partial charge in [0, 0.05) is 29.7 Å². The molecule has 2 heterocycles. The van der Waals surface area contributed by atoms with Crippen molar-refractivity contribution in [3.63, 3.8) is 0 Å². The van der Waals surface area contributed by atoms with Gasteiger partial charge in [0.25, 0.3) is 0 Å². The van der Waals surface area contributed by atoms with Crippen LogP contribution in [0.5, 0.6) is 0 Å². The van der Waals surface area contributed by atoms with E-state index in [0.717, 1.165) is 11.3 Å². The highest BCUT2D eigenvalue weighted by Gasteiger charge is 2.22. The van der Waals surface area contributed by atoms with Gasteiger partial charge in [-0.1, -0.05) is 36.4 Å². The molecule has 2 aromatic carbocycles. The lowest BCUT2D eigenvalue weighted by Gasteiger charge is -2.03. The number of pyridine rings is 1. The van der Waals surface area contributed by atoms with E-state index >= 15 is 0 Å². The van der Waals surface area contributed by atoms with Crippen molar-refractivity contribution in [1.82, 2.24) is 14.8 Å². The smallest absolute Gasteiger partial charge is 0.216 e. The van der Waals surface area contributed by atoms with E-state index in [2.05, 4.69) is 10.1 Å². The second-order valence-corrected chi connectivity index (χ2v) is 8.30. The Morgan fingerprint density at radius 2 is 1.57 bits per heavy atom. The third-order valence-corrected chi connectivity index (χ3v) is 6.14. The highest BCUT2D eigenvalue weighted by atomic mass is 32.2. The number of allylic oxidation sites excluding steroid dienone is 1. The van der Waals surface area contributed by atoms with Gasteiger partial charge in [-0.15, -0.1) is 0 Å². The molecule has 0 aliphatic rings. The van der Waals surface area contributed by atoms with Crippen LogP contribution in [0.1, 0.15) is 5.56 Å². The van der Waals surface area contributed by atoms with Gasteiger partial charge in [-0.2, -0.15) is 10.4 Å². The molecule has 4 rings (SSSR count). The van der Waals surface area contributed by atoms with Gasteiger partial charge in [-0.3, -0.25) is 4.98 Å². The van der Waals surface area contributed by atoms with Crippen LogP contribution in [0.4, 0.5) is 0 Å². The average molecular weight is 412 g/mol. The van der Waals surface area contributed by atoms with Gasteiger partial charge in [0.05, 0.1) is 10.6 Å². The van der Waals surface area contributed by atoms with Crippen molar-refractivity contribution in [2.75, 3.05) is 0 Å². The fraction of sp³-hybridized carbons (Fsp3) is 0. The normalized spacial score (nSPS) is 11.8. The van der Waals surface area contributed by atoms with Crippen molar-refractivity contribution in [2.45, 2.75) is 4.90 Å². The van der Waals surface area contributed by atoms with E-state index in [4.69, 9.17) is 0 Å². The number of nitrogens with zero attached hydrogens (tertiary/aromatic N) is 4. The predicted octanol–water partition coefficient (Wildman–Crippen LogP) is 4.27. The monoisotopic (exact) mass is 412 g/mol. The van der Waals surface area contributed by atoms with Crippen molar-refractivity contribution < 1.29 is 8.42 Å². The molecule has 2 aromatic heterocycles. The molecule has 0 saturated carbocycles. The van der Waals surface area contributed by atoms with Crippen LogP contribution in [0.15, 0.2) is 101 Å². The highest BCUT2D eigenvalue weighted by Crippen LogP contribution is 2.28. The Labute approximate surface area is 174 Å². The Morgan fingerprint density at radius 3 is 2.20 bits per heavy atom. The van der Waals surface area contributed by atoms with Gasteiger partial charge in [-0.05, 0) is 42.5 Å². The molecule has 6 nitrogen and oxygen atoms in total. The fourth-order valence-corrected chi connectivity index (χ4v) is 4.15. The summed E-state index contributed by atoms with van der Waals surface area (Å²) >= 11 is 0.